The molecule has 0 aliphatic rings. The maximum absolute atomic E-state index is 12.8. The van der Waals surface area contributed by atoms with Gasteiger partial charge in [-0.1, -0.05) is 32.4 Å². The number of hydrogen-bond acceptors (Lipinski definition) is 2. The Kier molecular flexibility index (Phi) is 5.66. The van der Waals surface area contributed by atoms with E-state index >= 15 is 0 Å². The first-order chi connectivity index (χ1) is 8.90. The van der Waals surface area contributed by atoms with E-state index in [2.05, 4.69) is 0 Å². The minimum Gasteiger partial charge on any atom is -0.488 e. The average molecular weight is 275 g/mol. The van der Waals surface area contributed by atoms with Gasteiger partial charge in [-0.15, -0.1) is 0 Å². The second-order valence-corrected chi connectivity index (χ2v) is 4.51. The number of ether oxygens (including phenoxy) is 1. The molecule has 2 unspecified atom stereocenters. The molecule has 0 radical (unpaired) electrons. The molecule has 0 bridgehead atoms. The molecule has 0 fully saturated rings. The van der Waals surface area contributed by atoms with Crippen molar-refractivity contribution in [1.29, 1.82) is 0 Å². The summed E-state index contributed by atoms with van der Waals surface area (Å²) in [6.07, 6.45) is -2.63. The van der Waals surface area contributed by atoms with Crippen LogP contribution in [0.5, 0.6) is 5.75 Å². The van der Waals surface area contributed by atoms with Gasteiger partial charge in [0.25, 0.3) is 0 Å². The molecular formula is C14H20F3NO. The fourth-order valence-corrected chi connectivity index (χ4v) is 1.96. The van der Waals surface area contributed by atoms with Crippen molar-refractivity contribution in [2.24, 2.45) is 5.73 Å². The van der Waals surface area contributed by atoms with Crippen LogP contribution in [-0.2, 0) is 6.18 Å². The smallest absolute Gasteiger partial charge is 0.419 e. The Balaban J connectivity index is 2.91. The molecule has 0 aliphatic heterocycles. The van der Waals surface area contributed by atoms with Gasteiger partial charge in [-0.3, -0.25) is 0 Å². The Morgan fingerprint density at radius 2 is 1.84 bits per heavy atom. The fraction of sp³-hybridized carbons (Fsp3) is 0.571. The summed E-state index contributed by atoms with van der Waals surface area (Å²) in [4.78, 5) is 0. The SMILES string of the molecule is CCCC(N)C(CC)Oc1ccccc1C(F)(F)F. The summed E-state index contributed by atoms with van der Waals surface area (Å²) in [5, 5.41) is 0. The molecular weight excluding hydrogens is 255 g/mol. The van der Waals surface area contributed by atoms with Crippen molar-refractivity contribution in [2.45, 2.75) is 51.4 Å². The normalized spacial score (nSPS) is 15.1. The molecule has 0 saturated heterocycles. The molecule has 2 nitrogen and oxygen atoms in total. The summed E-state index contributed by atoms with van der Waals surface area (Å²) in [5.74, 6) is -0.145. The lowest BCUT2D eigenvalue weighted by atomic mass is 10.0. The van der Waals surface area contributed by atoms with Gasteiger partial charge in [0.2, 0.25) is 0 Å². The van der Waals surface area contributed by atoms with E-state index in [1.165, 1.54) is 18.2 Å². The molecule has 5 heteroatoms. The number of rotatable bonds is 6. The standard InChI is InChI=1S/C14H20F3NO/c1-3-7-11(18)12(4-2)19-13-9-6-5-8-10(13)14(15,16)17/h5-6,8-9,11-12H,3-4,7,18H2,1-2H3. The summed E-state index contributed by atoms with van der Waals surface area (Å²) >= 11 is 0. The van der Waals surface area contributed by atoms with E-state index in [0.29, 0.717) is 6.42 Å². The second-order valence-electron chi connectivity index (χ2n) is 4.51. The van der Waals surface area contributed by atoms with Crippen LogP contribution in [0.15, 0.2) is 24.3 Å². The summed E-state index contributed by atoms with van der Waals surface area (Å²) in [6.45, 7) is 3.84. The minimum absolute atomic E-state index is 0.145. The van der Waals surface area contributed by atoms with Crippen molar-refractivity contribution in [2.75, 3.05) is 0 Å². The van der Waals surface area contributed by atoms with Crippen LogP contribution in [0.25, 0.3) is 0 Å². The Bertz CT molecular complexity index is 393. The number of alkyl halides is 3. The Hall–Kier alpha value is -1.23. The molecule has 0 saturated carbocycles. The zero-order valence-corrected chi connectivity index (χ0v) is 11.2. The highest BCUT2D eigenvalue weighted by molar-refractivity contribution is 5.35. The predicted molar refractivity (Wildman–Crippen MR) is 69.0 cm³/mol. The predicted octanol–water partition coefficient (Wildman–Crippen LogP) is 3.99. The lowest BCUT2D eigenvalue weighted by Crippen LogP contribution is -2.38. The quantitative estimate of drug-likeness (QED) is 0.852. The second kappa shape index (κ2) is 6.80. The van der Waals surface area contributed by atoms with Crippen LogP contribution < -0.4 is 10.5 Å². The van der Waals surface area contributed by atoms with Crippen LogP contribution in [0.3, 0.4) is 0 Å². The van der Waals surface area contributed by atoms with Crippen LogP contribution >= 0.6 is 0 Å². The number of para-hydroxylation sites is 1. The van der Waals surface area contributed by atoms with Gasteiger partial charge in [-0.2, -0.15) is 13.2 Å². The van der Waals surface area contributed by atoms with Crippen LogP contribution in [0.1, 0.15) is 38.7 Å². The van der Waals surface area contributed by atoms with E-state index in [4.69, 9.17) is 10.5 Å². The van der Waals surface area contributed by atoms with Gasteiger partial charge in [0.15, 0.2) is 0 Å². The van der Waals surface area contributed by atoms with Crippen molar-refractivity contribution >= 4 is 0 Å². The van der Waals surface area contributed by atoms with Gasteiger partial charge >= 0.3 is 6.18 Å². The van der Waals surface area contributed by atoms with Gasteiger partial charge in [0.1, 0.15) is 11.9 Å². The minimum atomic E-state index is -4.41. The molecule has 0 aromatic heterocycles. The maximum Gasteiger partial charge on any atom is 0.419 e. The van der Waals surface area contributed by atoms with Crippen LogP contribution in [0, 0.1) is 0 Å². The number of nitrogens with two attached hydrogens (primary N) is 1. The third-order valence-electron chi connectivity index (χ3n) is 2.97. The molecule has 1 aromatic carbocycles. The Morgan fingerprint density at radius 3 is 2.37 bits per heavy atom. The Morgan fingerprint density at radius 1 is 1.21 bits per heavy atom. The number of hydrogen-bond donors (Lipinski definition) is 1. The van der Waals surface area contributed by atoms with E-state index < -0.39 is 17.8 Å². The van der Waals surface area contributed by atoms with Gasteiger partial charge in [-0.05, 0) is 25.0 Å². The zero-order valence-electron chi connectivity index (χ0n) is 11.2. The van der Waals surface area contributed by atoms with Crippen molar-refractivity contribution in [1.82, 2.24) is 0 Å². The van der Waals surface area contributed by atoms with Crippen molar-refractivity contribution < 1.29 is 17.9 Å². The molecule has 0 aliphatic carbocycles. The van der Waals surface area contributed by atoms with E-state index in [1.54, 1.807) is 0 Å². The first kappa shape index (κ1) is 15.8. The maximum atomic E-state index is 12.8. The van der Waals surface area contributed by atoms with Crippen molar-refractivity contribution in [3.63, 3.8) is 0 Å². The molecule has 1 rings (SSSR count). The molecule has 1 aromatic rings. The van der Waals surface area contributed by atoms with E-state index in [9.17, 15) is 13.2 Å². The average Bonchev–Trinajstić information content (AvgIpc) is 2.35. The summed E-state index contributed by atoms with van der Waals surface area (Å²) in [5.41, 5.74) is 5.19. The van der Waals surface area contributed by atoms with E-state index in [0.717, 1.165) is 18.9 Å². The third-order valence-corrected chi connectivity index (χ3v) is 2.97. The fourth-order valence-electron chi connectivity index (χ4n) is 1.96. The zero-order chi connectivity index (χ0) is 14.5. The summed E-state index contributed by atoms with van der Waals surface area (Å²) < 4.78 is 44.0. The van der Waals surface area contributed by atoms with E-state index in [-0.39, 0.29) is 11.8 Å². The van der Waals surface area contributed by atoms with E-state index in [1.807, 2.05) is 13.8 Å². The molecule has 0 heterocycles. The largest absolute Gasteiger partial charge is 0.488 e. The van der Waals surface area contributed by atoms with Crippen molar-refractivity contribution in [3.05, 3.63) is 29.8 Å². The molecule has 108 valence electrons. The third kappa shape index (κ3) is 4.42. The highest BCUT2D eigenvalue weighted by Crippen LogP contribution is 2.36. The highest BCUT2D eigenvalue weighted by Gasteiger charge is 2.34. The van der Waals surface area contributed by atoms with Gasteiger partial charge in [-0.25, -0.2) is 0 Å². The van der Waals surface area contributed by atoms with Gasteiger partial charge in [0, 0.05) is 6.04 Å². The van der Waals surface area contributed by atoms with Crippen LogP contribution in [0.4, 0.5) is 13.2 Å². The van der Waals surface area contributed by atoms with Gasteiger partial charge in [0.05, 0.1) is 5.56 Å². The Labute approximate surface area is 111 Å². The molecule has 2 atom stereocenters. The molecule has 0 spiro atoms. The van der Waals surface area contributed by atoms with Crippen LogP contribution in [-0.4, -0.2) is 12.1 Å². The van der Waals surface area contributed by atoms with Crippen molar-refractivity contribution in [3.8, 4) is 5.75 Å². The monoisotopic (exact) mass is 275 g/mol. The lowest BCUT2D eigenvalue weighted by Gasteiger charge is -2.25. The highest BCUT2D eigenvalue weighted by atomic mass is 19.4. The molecule has 19 heavy (non-hydrogen) atoms. The summed E-state index contributed by atoms with van der Waals surface area (Å²) in [7, 11) is 0. The lowest BCUT2D eigenvalue weighted by molar-refractivity contribution is -0.139. The number of benzene rings is 1. The topological polar surface area (TPSA) is 35.2 Å². The summed E-state index contributed by atoms with van der Waals surface area (Å²) in [6, 6.07) is 4.99. The first-order valence-corrected chi connectivity index (χ1v) is 6.48. The van der Waals surface area contributed by atoms with Gasteiger partial charge < -0.3 is 10.5 Å². The molecule has 2 N–H and O–H groups in total. The van der Waals surface area contributed by atoms with Crippen LogP contribution in [0.2, 0.25) is 0 Å². The first-order valence-electron chi connectivity index (χ1n) is 6.48. The number of halogens is 3. The molecule has 0 amide bonds.